The Morgan fingerprint density at radius 1 is 0.852 bits per heavy atom. The molecule has 27 heavy (non-hydrogen) atoms. The van der Waals surface area contributed by atoms with Gasteiger partial charge in [0.25, 0.3) is 11.4 Å². The van der Waals surface area contributed by atoms with Crippen molar-refractivity contribution in [1.29, 1.82) is 0 Å². The van der Waals surface area contributed by atoms with Crippen LogP contribution in [0.4, 0.5) is 11.4 Å². The van der Waals surface area contributed by atoms with Gasteiger partial charge in [0.1, 0.15) is 0 Å². The Kier molecular flexibility index (Phi) is 9.08. The first-order chi connectivity index (χ1) is 12.7. The summed E-state index contributed by atoms with van der Waals surface area (Å²) in [7, 11) is 0. The maximum Gasteiger partial charge on any atom is 0.276 e. The molecule has 0 bridgehead atoms. The largest absolute Gasteiger partial charge is 0.276 e. The lowest BCUT2D eigenvalue weighted by Gasteiger charge is -2.05. The molecule has 2 aromatic rings. The lowest BCUT2D eigenvalue weighted by atomic mass is 10.0. The van der Waals surface area contributed by atoms with E-state index in [1.807, 2.05) is 38.1 Å². The second-order valence-corrected chi connectivity index (χ2v) is 7.13. The highest BCUT2D eigenvalue weighted by atomic mass is 79.9. The SMILES string of the molecule is CCCc1ccc(Br)c(C)c1[N+](=O)[O-].CCCc1cccc(C)c1[N+](=O)[O-]. The van der Waals surface area contributed by atoms with E-state index < -0.39 is 0 Å². The second-order valence-electron chi connectivity index (χ2n) is 6.28. The Bertz CT molecular complexity index is 822. The van der Waals surface area contributed by atoms with Gasteiger partial charge < -0.3 is 0 Å². The van der Waals surface area contributed by atoms with Gasteiger partial charge in [-0.25, -0.2) is 0 Å². The molecule has 0 atom stereocenters. The average Bonchev–Trinajstić information content (AvgIpc) is 2.59. The minimum atomic E-state index is -0.301. The standard InChI is InChI=1S/C10H12BrNO2.C10H13NO2/c1-3-4-8-5-6-9(11)7(2)10(8)12(13)14;1-3-5-9-7-4-6-8(2)10(9)11(12)13/h5-6H,3-4H2,1-2H3;4,6-7H,3,5H2,1-2H3. The van der Waals surface area contributed by atoms with Crippen LogP contribution in [0.5, 0.6) is 0 Å². The van der Waals surface area contributed by atoms with Crippen molar-refractivity contribution < 1.29 is 9.85 Å². The number of hydrogen-bond donors (Lipinski definition) is 0. The molecule has 0 N–H and O–H groups in total. The Hall–Kier alpha value is -2.28. The summed E-state index contributed by atoms with van der Waals surface area (Å²) >= 11 is 3.30. The third-order valence-electron chi connectivity index (χ3n) is 4.17. The van der Waals surface area contributed by atoms with E-state index in [2.05, 4.69) is 15.9 Å². The first-order valence-electron chi connectivity index (χ1n) is 8.89. The lowest BCUT2D eigenvalue weighted by molar-refractivity contribution is -0.386. The number of hydrogen-bond acceptors (Lipinski definition) is 4. The van der Waals surface area contributed by atoms with E-state index in [4.69, 9.17) is 0 Å². The van der Waals surface area contributed by atoms with Crippen molar-refractivity contribution in [3.8, 4) is 0 Å². The molecule has 0 spiro atoms. The van der Waals surface area contributed by atoms with Crippen LogP contribution < -0.4 is 0 Å². The molecule has 2 aromatic carbocycles. The molecule has 0 saturated heterocycles. The van der Waals surface area contributed by atoms with E-state index in [0.717, 1.165) is 46.8 Å². The van der Waals surface area contributed by atoms with Gasteiger partial charge in [-0.1, -0.05) is 66.9 Å². The summed E-state index contributed by atoms with van der Waals surface area (Å²) in [6, 6.07) is 9.16. The van der Waals surface area contributed by atoms with Crippen molar-refractivity contribution in [1.82, 2.24) is 0 Å². The molecular formula is C20H25BrN2O4. The monoisotopic (exact) mass is 436 g/mol. The lowest BCUT2D eigenvalue weighted by Crippen LogP contribution is -1.98. The van der Waals surface area contributed by atoms with Crippen molar-refractivity contribution in [2.45, 2.75) is 53.4 Å². The van der Waals surface area contributed by atoms with Crippen LogP contribution >= 0.6 is 15.9 Å². The van der Waals surface area contributed by atoms with Crippen molar-refractivity contribution in [2.75, 3.05) is 0 Å². The zero-order chi connectivity index (χ0) is 20.6. The molecule has 0 radical (unpaired) electrons. The molecule has 0 fully saturated rings. The molecule has 0 heterocycles. The molecule has 0 aliphatic carbocycles. The Morgan fingerprint density at radius 3 is 1.85 bits per heavy atom. The Morgan fingerprint density at radius 2 is 1.37 bits per heavy atom. The van der Waals surface area contributed by atoms with Gasteiger partial charge in [0.15, 0.2) is 0 Å². The third-order valence-corrected chi connectivity index (χ3v) is 5.03. The predicted octanol–water partition coefficient (Wildman–Crippen LogP) is 6.47. The van der Waals surface area contributed by atoms with Gasteiger partial charge in [0.05, 0.1) is 9.85 Å². The highest BCUT2D eigenvalue weighted by molar-refractivity contribution is 9.10. The minimum absolute atomic E-state index is 0.251. The Balaban J connectivity index is 0.000000271. The van der Waals surface area contributed by atoms with E-state index in [9.17, 15) is 20.2 Å². The summed E-state index contributed by atoms with van der Waals surface area (Å²) in [5.41, 5.74) is 3.65. The van der Waals surface area contributed by atoms with Crippen molar-refractivity contribution in [3.05, 3.63) is 77.3 Å². The number of aryl methyl sites for hydroxylation is 3. The zero-order valence-corrected chi connectivity index (χ0v) is 17.7. The van der Waals surface area contributed by atoms with Crippen LogP contribution in [0.15, 0.2) is 34.8 Å². The fraction of sp³-hybridized carbons (Fsp3) is 0.400. The van der Waals surface area contributed by atoms with Crippen molar-refractivity contribution >= 4 is 27.3 Å². The molecule has 0 aliphatic heterocycles. The van der Waals surface area contributed by atoms with Crippen LogP contribution in [0.3, 0.4) is 0 Å². The minimum Gasteiger partial charge on any atom is -0.258 e. The molecule has 0 amide bonds. The zero-order valence-electron chi connectivity index (χ0n) is 16.1. The first-order valence-corrected chi connectivity index (χ1v) is 9.69. The van der Waals surface area contributed by atoms with Gasteiger partial charge in [0.2, 0.25) is 0 Å². The quantitative estimate of drug-likeness (QED) is 0.383. The number of rotatable bonds is 6. The van der Waals surface area contributed by atoms with Crippen LogP contribution in [0.2, 0.25) is 0 Å². The number of nitro benzene ring substituents is 2. The molecular weight excluding hydrogens is 412 g/mol. The van der Waals surface area contributed by atoms with Gasteiger partial charge in [-0.2, -0.15) is 0 Å². The number of nitrogens with zero attached hydrogens (tertiary/aromatic N) is 2. The highest BCUT2D eigenvalue weighted by Gasteiger charge is 2.18. The van der Waals surface area contributed by atoms with E-state index in [0.29, 0.717) is 5.56 Å². The van der Waals surface area contributed by atoms with Gasteiger partial charge in [-0.15, -0.1) is 0 Å². The molecule has 0 aliphatic rings. The Labute approximate surface area is 168 Å². The van der Waals surface area contributed by atoms with Crippen LogP contribution in [-0.2, 0) is 12.8 Å². The van der Waals surface area contributed by atoms with E-state index >= 15 is 0 Å². The number of nitro groups is 2. The maximum atomic E-state index is 10.9. The molecule has 2 rings (SSSR count). The molecule has 7 heteroatoms. The average molecular weight is 437 g/mol. The summed E-state index contributed by atoms with van der Waals surface area (Å²) in [6.07, 6.45) is 3.38. The first kappa shape index (κ1) is 22.8. The van der Waals surface area contributed by atoms with Crippen molar-refractivity contribution in [2.24, 2.45) is 0 Å². The highest BCUT2D eigenvalue weighted by Crippen LogP contribution is 2.30. The number of para-hydroxylation sites is 1. The summed E-state index contributed by atoms with van der Waals surface area (Å²) in [4.78, 5) is 21.0. The van der Waals surface area contributed by atoms with Crippen molar-refractivity contribution in [3.63, 3.8) is 0 Å². The molecule has 146 valence electrons. The van der Waals surface area contributed by atoms with Crippen LogP contribution in [0.25, 0.3) is 0 Å². The predicted molar refractivity (Wildman–Crippen MR) is 111 cm³/mol. The summed E-state index contributed by atoms with van der Waals surface area (Å²) < 4.78 is 0.795. The normalized spacial score (nSPS) is 10.1. The van der Waals surface area contributed by atoms with Crippen LogP contribution in [0.1, 0.15) is 48.9 Å². The molecule has 0 saturated carbocycles. The third kappa shape index (κ3) is 6.13. The van der Waals surface area contributed by atoms with E-state index in [1.54, 1.807) is 19.9 Å². The van der Waals surface area contributed by atoms with Gasteiger partial charge in [-0.3, -0.25) is 20.2 Å². The van der Waals surface area contributed by atoms with Gasteiger partial charge in [0, 0.05) is 26.7 Å². The fourth-order valence-corrected chi connectivity index (χ4v) is 3.23. The topological polar surface area (TPSA) is 86.3 Å². The maximum absolute atomic E-state index is 10.9. The van der Waals surface area contributed by atoms with Crippen LogP contribution in [-0.4, -0.2) is 9.85 Å². The van der Waals surface area contributed by atoms with Gasteiger partial charge >= 0.3 is 0 Å². The summed E-state index contributed by atoms with van der Waals surface area (Å²) in [5, 5.41) is 21.6. The smallest absolute Gasteiger partial charge is 0.258 e. The molecule has 0 unspecified atom stereocenters. The molecule has 6 nitrogen and oxygen atoms in total. The summed E-state index contributed by atoms with van der Waals surface area (Å²) in [6.45, 7) is 7.58. The fourth-order valence-electron chi connectivity index (χ4n) is 2.91. The van der Waals surface area contributed by atoms with E-state index in [-0.39, 0.29) is 21.2 Å². The number of halogens is 1. The van der Waals surface area contributed by atoms with E-state index in [1.165, 1.54) is 0 Å². The molecule has 0 aromatic heterocycles. The van der Waals surface area contributed by atoms with Crippen LogP contribution in [0, 0.1) is 34.1 Å². The number of benzene rings is 2. The van der Waals surface area contributed by atoms with Gasteiger partial charge in [-0.05, 0) is 32.8 Å². The summed E-state index contributed by atoms with van der Waals surface area (Å²) in [5.74, 6) is 0. The second kappa shape index (κ2) is 10.8.